The van der Waals surface area contributed by atoms with Gasteiger partial charge in [-0.3, -0.25) is 29.3 Å². The highest BCUT2D eigenvalue weighted by molar-refractivity contribution is 7.13. The van der Waals surface area contributed by atoms with Crippen molar-refractivity contribution in [1.82, 2.24) is 35.6 Å². The molecule has 53 heavy (non-hydrogen) atoms. The molecule has 6 rings (SSSR count). The first-order valence-corrected chi connectivity index (χ1v) is 19.1. The molecule has 16 nitrogen and oxygen atoms in total. The van der Waals surface area contributed by atoms with Crippen molar-refractivity contribution in [1.29, 1.82) is 0 Å². The molecule has 0 bridgehead atoms. The van der Waals surface area contributed by atoms with Crippen LogP contribution in [-0.2, 0) is 39.9 Å². The zero-order chi connectivity index (χ0) is 37.6. The van der Waals surface area contributed by atoms with Crippen LogP contribution < -0.4 is 21.3 Å². The molecule has 284 valence electrons. The maximum Gasteiger partial charge on any atom is 0.328 e. The fraction of sp³-hybridized carbons (Fsp3) is 0.556. The number of hydrogen-bond acceptors (Lipinski definition) is 10. The molecule has 0 spiro atoms. The van der Waals surface area contributed by atoms with E-state index in [1.165, 1.54) is 32.2 Å². The van der Waals surface area contributed by atoms with Crippen LogP contribution in [0, 0.1) is 5.92 Å². The smallest absolute Gasteiger partial charge is 0.328 e. The van der Waals surface area contributed by atoms with Crippen LogP contribution in [0.3, 0.4) is 0 Å². The summed E-state index contributed by atoms with van der Waals surface area (Å²) in [6.07, 6.45) is 4.54. The van der Waals surface area contributed by atoms with E-state index in [2.05, 4.69) is 26.3 Å². The van der Waals surface area contributed by atoms with Crippen molar-refractivity contribution in [2.75, 3.05) is 31.6 Å². The highest BCUT2D eigenvalue weighted by atomic mass is 32.1. The highest BCUT2D eigenvalue weighted by Gasteiger charge is 2.46. The van der Waals surface area contributed by atoms with Crippen molar-refractivity contribution in [2.24, 2.45) is 5.92 Å². The molecule has 4 aliphatic heterocycles. The van der Waals surface area contributed by atoms with E-state index in [4.69, 9.17) is 4.74 Å². The minimum Gasteiger partial charge on any atom is -0.461 e. The van der Waals surface area contributed by atoms with Crippen LogP contribution in [0.15, 0.2) is 41.9 Å². The quantitative estimate of drug-likeness (QED) is 0.312. The second-order valence-corrected chi connectivity index (χ2v) is 15.1. The summed E-state index contributed by atoms with van der Waals surface area (Å²) in [5.74, 6) is -3.47. The maximum atomic E-state index is 14.4. The largest absolute Gasteiger partial charge is 0.461 e. The SMILES string of the molecule is C[C@@H]1C[C@H]2C(=O)OC[C@H](NC(=O)[C@H](Cc3ccccc3)NC(=O)Nc3nccs3)C(=O)N3CCC[C@H]3C(=O)N3CCCC[C@H]3C(=O)N[C@@H](C)C(=O)N2C1. The molecule has 1 aromatic heterocycles. The van der Waals surface area contributed by atoms with Crippen LogP contribution in [0.4, 0.5) is 9.93 Å². The molecule has 17 heteroatoms. The molecule has 7 amide bonds. The lowest BCUT2D eigenvalue weighted by Gasteiger charge is -2.39. The number of fused-ring (bicyclic) bond motifs is 3. The topological polar surface area (TPSA) is 199 Å². The van der Waals surface area contributed by atoms with Crippen LogP contribution in [0.1, 0.15) is 57.9 Å². The van der Waals surface area contributed by atoms with E-state index in [0.29, 0.717) is 50.2 Å². The summed E-state index contributed by atoms with van der Waals surface area (Å²) in [6.45, 7) is 3.67. The molecule has 4 aliphatic rings. The molecule has 5 heterocycles. The van der Waals surface area contributed by atoms with Gasteiger partial charge in [0.1, 0.15) is 42.9 Å². The number of cyclic esters (lactones) is 1. The second-order valence-electron chi connectivity index (χ2n) is 14.2. The highest BCUT2D eigenvalue weighted by Crippen LogP contribution is 2.28. The monoisotopic (exact) mass is 750 g/mol. The molecule has 4 fully saturated rings. The third-order valence-corrected chi connectivity index (χ3v) is 11.0. The number of carbonyl (C=O) groups is 7. The van der Waals surface area contributed by atoms with Crippen molar-refractivity contribution < 1.29 is 38.3 Å². The summed E-state index contributed by atoms with van der Waals surface area (Å²) in [4.78, 5) is 105. The van der Waals surface area contributed by atoms with Gasteiger partial charge in [0.2, 0.25) is 29.5 Å². The van der Waals surface area contributed by atoms with E-state index in [1.807, 2.05) is 13.0 Å². The fourth-order valence-electron chi connectivity index (χ4n) is 7.62. The first kappa shape index (κ1) is 37.7. The number of rotatable bonds is 6. The average molecular weight is 751 g/mol. The lowest BCUT2D eigenvalue weighted by atomic mass is 9.99. The molecule has 2 aromatic rings. The molecule has 1 aromatic carbocycles. The van der Waals surface area contributed by atoms with Gasteiger partial charge in [0.25, 0.3) is 0 Å². The van der Waals surface area contributed by atoms with Gasteiger partial charge in [-0.15, -0.1) is 11.3 Å². The minimum absolute atomic E-state index is 0.0456. The Hall–Kier alpha value is -5.06. The van der Waals surface area contributed by atoms with E-state index < -0.39 is 78.5 Å². The van der Waals surface area contributed by atoms with Gasteiger partial charge >= 0.3 is 12.0 Å². The molecule has 7 atom stereocenters. The summed E-state index contributed by atoms with van der Waals surface area (Å²) >= 11 is 1.20. The number of piperidine rings is 1. The summed E-state index contributed by atoms with van der Waals surface area (Å²) in [6, 6.07) is 2.04. The van der Waals surface area contributed by atoms with Gasteiger partial charge in [0.05, 0.1) is 0 Å². The lowest BCUT2D eigenvalue weighted by Crippen LogP contribution is -2.62. The van der Waals surface area contributed by atoms with Crippen LogP contribution >= 0.6 is 11.3 Å². The number of nitrogens with zero attached hydrogens (tertiary/aromatic N) is 4. The molecular formula is C36H46N8O8S. The van der Waals surface area contributed by atoms with Crippen LogP contribution in [-0.4, -0.2) is 124 Å². The average Bonchev–Trinajstić information content (AvgIpc) is 3.94. The number of aromatic nitrogens is 1. The number of benzene rings is 1. The van der Waals surface area contributed by atoms with Crippen molar-refractivity contribution >= 4 is 58.0 Å². The summed E-state index contributed by atoms with van der Waals surface area (Å²) in [7, 11) is 0. The van der Waals surface area contributed by atoms with Crippen molar-refractivity contribution in [3.63, 3.8) is 0 Å². The third-order valence-electron chi connectivity index (χ3n) is 10.3. The Balaban J connectivity index is 1.30. The lowest BCUT2D eigenvalue weighted by molar-refractivity contribution is -0.158. The van der Waals surface area contributed by atoms with E-state index in [0.717, 1.165) is 5.56 Å². The number of carbonyl (C=O) groups excluding carboxylic acids is 7. The normalized spacial score (nSPS) is 27.6. The number of urea groups is 1. The molecule has 0 saturated carbocycles. The first-order chi connectivity index (χ1) is 25.5. The van der Waals surface area contributed by atoms with Gasteiger partial charge in [-0.2, -0.15) is 0 Å². The Bertz CT molecular complexity index is 1690. The Labute approximate surface area is 311 Å². The van der Waals surface area contributed by atoms with Crippen LogP contribution in [0.5, 0.6) is 0 Å². The summed E-state index contributed by atoms with van der Waals surface area (Å²) in [5, 5.41) is 12.8. The molecule has 4 saturated heterocycles. The zero-order valence-electron chi connectivity index (χ0n) is 29.8. The van der Waals surface area contributed by atoms with Gasteiger partial charge in [0.15, 0.2) is 5.13 Å². The molecular weight excluding hydrogens is 705 g/mol. The Morgan fingerprint density at radius 2 is 1.66 bits per heavy atom. The van der Waals surface area contributed by atoms with Crippen LogP contribution in [0.2, 0.25) is 0 Å². The zero-order valence-corrected chi connectivity index (χ0v) is 30.6. The van der Waals surface area contributed by atoms with E-state index in [-0.39, 0.29) is 31.3 Å². The van der Waals surface area contributed by atoms with E-state index >= 15 is 0 Å². The Kier molecular flexibility index (Phi) is 11.9. The molecule has 4 N–H and O–H groups in total. The first-order valence-electron chi connectivity index (χ1n) is 18.2. The van der Waals surface area contributed by atoms with Gasteiger partial charge in [-0.1, -0.05) is 37.3 Å². The van der Waals surface area contributed by atoms with Crippen molar-refractivity contribution in [3.8, 4) is 0 Å². The number of amides is 7. The van der Waals surface area contributed by atoms with Gasteiger partial charge in [0, 0.05) is 37.6 Å². The van der Waals surface area contributed by atoms with Gasteiger partial charge < -0.3 is 35.4 Å². The predicted molar refractivity (Wildman–Crippen MR) is 192 cm³/mol. The van der Waals surface area contributed by atoms with Crippen LogP contribution in [0.25, 0.3) is 0 Å². The number of nitrogens with one attached hydrogen (secondary N) is 4. The number of ether oxygens (including phenoxy) is 1. The van der Waals surface area contributed by atoms with E-state index in [1.54, 1.807) is 36.6 Å². The number of thiazole rings is 1. The van der Waals surface area contributed by atoms with E-state index in [9.17, 15) is 33.6 Å². The predicted octanol–water partition coefficient (Wildman–Crippen LogP) is 1.03. The standard InChI is InChI=1S/C36H46N8O8S/c1-21-17-28-34(50)52-20-25(39-29(45)24(18-23-9-4-3-5-10-23)40-35(51)41-36-37-13-16-53-36)32(48)43-15-8-12-27(43)33(49)42-14-7-6-11-26(42)30(46)38-22(2)31(47)44(28)19-21/h3-5,9-10,13,16,21-22,24-28H,6-8,11-12,14-15,17-20H2,1-2H3,(H,38,46)(H,39,45)(H2,37,40,41,51)/t21-,22+,24+,25+,26+,27+,28+/m1/s1. The summed E-state index contributed by atoms with van der Waals surface area (Å²) in [5.41, 5.74) is 0.734. The molecule has 0 unspecified atom stereocenters. The fourth-order valence-corrected chi connectivity index (χ4v) is 8.15. The van der Waals surface area contributed by atoms with Crippen molar-refractivity contribution in [3.05, 3.63) is 47.5 Å². The number of hydrogen-bond donors (Lipinski definition) is 4. The Morgan fingerprint density at radius 3 is 2.42 bits per heavy atom. The second kappa shape index (κ2) is 16.7. The minimum atomic E-state index is -1.43. The maximum absolute atomic E-state index is 14.4. The number of anilines is 1. The molecule has 0 aliphatic carbocycles. The summed E-state index contributed by atoms with van der Waals surface area (Å²) < 4.78 is 5.72. The molecule has 0 radical (unpaired) electrons. The number of esters is 1. The Morgan fingerprint density at radius 1 is 0.925 bits per heavy atom. The van der Waals surface area contributed by atoms with Gasteiger partial charge in [-0.05, 0) is 56.9 Å². The third kappa shape index (κ3) is 8.77. The van der Waals surface area contributed by atoms with Gasteiger partial charge in [-0.25, -0.2) is 14.6 Å². The van der Waals surface area contributed by atoms with Crippen molar-refractivity contribution in [2.45, 2.75) is 95.0 Å².